The molecule has 1 aliphatic rings. The molecule has 2 heterocycles. The molecule has 1 atom stereocenters. The second-order valence-corrected chi connectivity index (χ2v) is 4.83. The van der Waals surface area contributed by atoms with Crippen molar-refractivity contribution in [1.82, 2.24) is 14.8 Å². The fourth-order valence-electron chi connectivity index (χ4n) is 2.49. The molecule has 1 aromatic heterocycles. The van der Waals surface area contributed by atoms with Crippen molar-refractivity contribution in [1.29, 1.82) is 0 Å². The molecule has 0 spiro atoms. The highest BCUT2D eigenvalue weighted by atomic mass is 15.3. The number of nitrogens with zero attached hydrogens (tertiary/aromatic N) is 4. The molecule has 94 valence electrons. The average Bonchev–Trinajstić information content (AvgIpc) is 2.75. The number of anilines is 1. The predicted molar refractivity (Wildman–Crippen MR) is 70.2 cm³/mol. The first-order chi connectivity index (χ1) is 8.74. The second kappa shape index (κ2) is 4.42. The van der Waals surface area contributed by atoms with Gasteiger partial charge in [-0.25, -0.2) is 0 Å². The zero-order valence-electron chi connectivity index (χ0n) is 10.5. The van der Waals surface area contributed by atoms with Crippen LogP contribution in [-0.2, 0) is 20.0 Å². The molecule has 0 saturated carbocycles. The summed E-state index contributed by atoms with van der Waals surface area (Å²) in [5.74, 6) is 0.957. The van der Waals surface area contributed by atoms with E-state index in [4.69, 9.17) is 5.73 Å². The summed E-state index contributed by atoms with van der Waals surface area (Å²) in [6, 6.07) is 8.62. The molecule has 1 aliphatic heterocycles. The van der Waals surface area contributed by atoms with Crippen LogP contribution in [0.4, 0.5) is 5.69 Å². The lowest BCUT2D eigenvalue weighted by molar-refractivity contribution is 0.584. The van der Waals surface area contributed by atoms with Crippen molar-refractivity contribution in [3.05, 3.63) is 42.0 Å². The number of para-hydroxylation sites is 1. The molecular formula is C13H17N5. The molecule has 1 aromatic carbocycles. The highest BCUT2D eigenvalue weighted by molar-refractivity contribution is 5.56. The van der Waals surface area contributed by atoms with Gasteiger partial charge in [0.1, 0.15) is 6.33 Å². The summed E-state index contributed by atoms with van der Waals surface area (Å²) in [5, 5.41) is 8.06. The first-order valence-electron chi connectivity index (χ1n) is 6.15. The number of hydrogen-bond acceptors (Lipinski definition) is 4. The Kier molecular flexibility index (Phi) is 2.76. The van der Waals surface area contributed by atoms with Crippen LogP contribution < -0.4 is 10.6 Å². The fourth-order valence-corrected chi connectivity index (χ4v) is 2.49. The van der Waals surface area contributed by atoms with Crippen LogP contribution in [0.5, 0.6) is 0 Å². The number of nitrogens with two attached hydrogens (primary N) is 1. The van der Waals surface area contributed by atoms with Crippen LogP contribution in [0.3, 0.4) is 0 Å². The fraction of sp³-hybridized carbons (Fsp3) is 0.385. The Morgan fingerprint density at radius 1 is 1.39 bits per heavy atom. The number of hydrogen-bond donors (Lipinski definition) is 1. The Hall–Kier alpha value is -1.88. The molecule has 0 amide bonds. The van der Waals surface area contributed by atoms with Crippen molar-refractivity contribution < 1.29 is 0 Å². The minimum Gasteiger partial charge on any atom is -0.362 e. The summed E-state index contributed by atoms with van der Waals surface area (Å²) < 4.78 is 1.95. The molecule has 5 heteroatoms. The molecular weight excluding hydrogens is 226 g/mol. The Balaban J connectivity index is 1.91. The summed E-state index contributed by atoms with van der Waals surface area (Å²) in [6.07, 6.45) is 2.68. The monoisotopic (exact) mass is 243 g/mol. The maximum atomic E-state index is 6.12. The van der Waals surface area contributed by atoms with Gasteiger partial charge in [0.15, 0.2) is 5.82 Å². The Morgan fingerprint density at radius 2 is 2.22 bits per heavy atom. The van der Waals surface area contributed by atoms with Crippen molar-refractivity contribution in [2.75, 3.05) is 11.4 Å². The maximum absolute atomic E-state index is 6.12. The highest BCUT2D eigenvalue weighted by Gasteiger charge is 2.22. The molecule has 0 bridgehead atoms. The van der Waals surface area contributed by atoms with E-state index in [1.807, 2.05) is 11.6 Å². The van der Waals surface area contributed by atoms with E-state index in [0.29, 0.717) is 0 Å². The third-order valence-electron chi connectivity index (χ3n) is 3.41. The largest absolute Gasteiger partial charge is 0.362 e. The number of aryl methyl sites for hydroxylation is 1. The highest BCUT2D eigenvalue weighted by Crippen LogP contribution is 2.27. The zero-order valence-corrected chi connectivity index (χ0v) is 10.5. The summed E-state index contributed by atoms with van der Waals surface area (Å²) in [7, 11) is 1.96. The van der Waals surface area contributed by atoms with E-state index < -0.39 is 0 Å². The Bertz CT molecular complexity index is 548. The third kappa shape index (κ3) is 1.97. The van der Waals surface area contributed by atoms with E-state index in [1.165, 1.54) is 11.3 Å². The van der Waals surface area contributed by atoms with Gasteiger partial charge in [-0.15, -0.1) is 10.2 Å². The van der Waals surface area contributed by atoms with Gasteiger partial charge in [0, 0.05) is 25.3 Å². The molecule has 18 heavy (non-hydrogen) atoms. The standard InChI is InChI=1S/C13H17N5/c1-17-9-15-16-13(17)8-18-7-11(14)6-10-4-2-3-5-12(10)18/h2-5,9,11H,6-8,14H2,1H3. The van der Waals surface area contributed by atoms with Crippen LogP contribution in [0.1, 0.15) is 11.4 Å². The van der Waals surface area contributed by atoms with E-state index in [9.17, 15) is 0 Å². The van der Waals surface area contributed by atoms with E-state index in [2.05, 4.69) is 39.4 Å². The van der Waals surface area contributed by atoms with Crippen LogP contribution in [0, 0.1) is 0 Å². The van der Waals surface area contributed by atoms with Crippen molar-refractivity contribution in [2.45, 2.75) is 19.0 Å². The van der Waals surface area contributed by atoms with Crippen molar-refractivity contribution >= 4 is 5.69 Å². The van der Waals surface area contributed by atoms with Crippen LogP contribution in [0.15, 0.2) is 30.6 Å². The lowest BCUT2D eigenvalue weighted by Gasteiger charge is -2.34. The third-order valence-corrected chi connectivity index (χ3v) is 3.41. The van der Waals surface area contributed by atoms with Gasteiger partial charge in [-0.2, -0.15) is 0 Å². The molecule has 0 saturated heterocycles. The van der Waals surface area contributed by atoms with Gasteiger partial charge in [0.2, 0.25) is 0 Å². The first-order valence-corrected chi connectivity index (χ1v) is 6.15. The van der Waals surface area contributed by atoms with E-state index in [-0.39, 0.29) is 6.04 Å². The minimum absolute atomic E-state index is 0.188. The number of benzene rings is 1. The van der Waals surface area contributed by atoms with E-state index >= 15 is 0 Å². The maximum Gasteiger partial charge on any atom is 0.152 e. The number of fused-ring (bicyclic) bond motifs is 1. The predicted octanol–water partition coefficient (Wildman–Crippen LogP) is 0.705. The topological polar surface area (TPSA) is 60.0 Å². The molecule has 0 fully saturated rings. The quantitative estimate of drug-likeness (QED) is 0.843. The smallest absolute Gasteiger partial charge is 0.152 e. The molecule has 0 radical (unpaired) electrons. The van der Waals surface area contributed by atoms with Crippen molar-refractivity contribution in [3.63, 3.8) is 0 Å². The number of rotatable bonds is 2. The minimum atomic E-state index is 0.188. The van der Waals surface area contributed by atoms with Crippen molar-refractivity contribution in [2.24, 2.45) is 12.8 Å². The van der Waals surface area contributed by atoms with Crippen LogP contribution >= 0.6 is 0 Å². The lowest BCUT2D eigenvalue weighted by Crippen LogP contribution is -2.43. The summed E-state index contributed by atoms with van der Waals surface area (Å²) >= 11 is 0. The van der Waals surface area contributed by atoms with Gasteiger partial charge < -0.3 is 15.2 Å². The molecule has 5 nitrogen and oxygen atoms in total. The first kappa shape index (κ1) is 11.2. The van der Waals surface area contributed by atoms with Gasteiger partial charge >= 0.3 is 0 Å². The molecule has 2 N–H and O–H groups in total. The van der Waals surface area contributed by atoms with Crippen LogP contribution in [0.2, 0.25) is 0 Å². The summed E-state index contributed by atoms with van der Waals surface area (Å²) in [4.78, 5) is 2.29. The second-order valence-electron chi connectivity index (χ2n) is 4.83. The van der Waals surface area contributed by atoms with Crippen molar-refractivity contribution in [3.8, 4) is 0 Å². The zero-order chi connectivity index (χ0) is 12.5. The Morgan fingerprint density at radius 3 is 3.00 bits per heavy atom. The lowest BCUT2D eigenvalue weighted by atomic mass is 9.98. The molecule has 3 rings (SSSR count). The van der Waals surface area contributed by atoms with E-state index in [1.54, 1.807) is 6.33 Å². The molecule has 1 unspecified atom stereocenters. The SMILES string of the molecule is Cn1cnnc1CN1CC(N)Cc2ccccc21. The van der Waals surface area contributed by atoms with Crippen LogP contribution in [0.25, 0.3) is 0 Å². The van der Waals surface area contributed by atoms with Gasteiger partial charge in [-0.1, -0.05) is 18.2 Å². The van der Waals surface area contributed by atoms with Gasteiger partial charge in [0.05, 0.1) is 6.54 Å². The summed E-state index contributed by atoms with van der Waals surface area (Å²) in [6.45, 7) is 1.62. The van der Waals surface area contributed by atoms with E-state index in [0.717, 1.165) is 25.3 Å². The normalized spacial score (nSPS) is 18.8. The Labute approximate surface area is 106 Å². The number of aromatic nitrogens is 3. The average molecular weight is 243 g/mol. The van der Waals surface area contributed by atoms with Gasteiger partial charge in [-0.3, -0.25) is 0 Å². The van der Waals surface area contributed by atoms with Gasteiger partial charge in [-0.05, 0) is 18.1 Å². The molecule has 0 aliphatic carbocycles. The van der Waals surface area contributed by atoms with Gasteiger partial charge in [0.25, 0.3) is 0 Å². The van der Waals surface area contributed by atoms with Crippen LogP contribution in [-0.4, -0.2) is 27.4 Å². The molecule has 2 aromatic rings. The summed E-state index contributed by atoms with van der Waals surface area (Å²) in [5.41, 5.74) is 8.71.